The first-order chi connectivity index (χ1) is 10.6. The molecule has 0 radical (unpaired) electrons. The molecular formula is C18H18N2O2. The molecule has 1 amide bonds. The quantitative estimate of drug-likeness (QED) is 0.799. The number of amides is 1. The van der Waals surface area contributed by atoms with E-state index >= 15 is 0 Å². The van der Waals surface area contributed by atoms with Crippen molar-refractivity contribution < 1.29 is 9.53 Å². The number of nitrogens with one attached hydrogen (secondary N) is 1. The molecule has 22 heavy (non-hydrogen) atoms. The zero-order valence-electron chi connectivity index (χ0n) is 12.9. The van der Waals surface area contributed by atoms with E-state index in [-0.39, 0.29) is 5.91 Å². The van der Waals surface area contributed by atoms with Crippen molar-refractivity contribution >= 4 is 22.5 Å². The number of nitrogens with zero attached hydrogens (tertiary/aromatic N) is 1. The summed E-state index contributed by atoms with van der Waals surface area (Å²) in [6.07, 6.45) is 0. The minimum Gasteiger partial charge on any atom is -0.497 e. The number of fused-ring (bicyclic) bond motifs is 1. The first-order valence-electron chi connectivity index (χ1n) is 7.11. The molecule has 3 rings (SSSR count). The number of rotatable bonds is 3. The molecule has 0 atom stereocenters. The van der Waals surface area contributed by atoms with E-state index in [1.807, 2.05) is 67.1 Å². The van der Waals surface area contributed by atoms with Crippen molar-refractivity contribution in [2.75, 3.05) is 12.4 Å². The fraction of sp³-hybridized carbons (Fsp3) is 0.167. The summed E-state index contributed by atoms with van der Waals surface area (Å²) in [7, 11) is 3.59. The van der Waals surface area contributed by atoms with Gasteiger partial charge in [0.2, 0.25) is 0 Å². The van der Waals surface area contributed by atoms with E-state index in [1.165, 1.54) is 0 Å². The van der Waals surface area contributed by atoms with Gasteiger partial charge in [-0.15, -0.1) is 0 Å². The topological polar surface area (TPSA) is 43.3 Å². The third-order valence-electron chi connectivity index (χ3n) is 3.97. The summed E-state index contributed by atoms with van der Waals surface area (Å²) in [6, 6.07) is 15.2. The van der Waals surface area contributed by atoms with Crippen LogP contribution in [0.25, 0.3) is 10.9 Å². The molecule has 2 aromatic carbocycles. The number of aromatic nitrogens is 1. The third kappa shape index (κ3) is 2.33. The van der Waals surface area contributed by atoms with Crippen LogP contribution in [0, 0.1) is 6.92 Å². The number of hydrogen-bond donors (Lipinski definition) is 1. The van der Waals surface area contributed by atoms with E-state index in [2.05, 4.69) is 5.32 Å². The van der Waals surface area contributed by atoms with Crippen LogP contribution in [-0.4, -0.2) is 17.6 Å². The average molecular weight is 294 g/mol. The highest BCUT2D eigenvalue weighted by molar-refractivity contribution is 6.14. The van der Waals surface area contributed by atoms with E-state index in [4.69, 9.17) is 4.74 Å². The largest absolute Gasteiger partial charge is 0.497 e. The van der Waals surface area contributed by atoms with Gasteiger partial charge in [-0.2, -0.15) is 0 Å². The maximum Gasteiger partial charge on any atom is 0.258 e. The first kappa shape index (κ1) is 14.2. The third-order valence-corrected chi connectivity index (χ3v) is 3.97. The van der Waals surface area contributed by atoms with Crippen molar-refractivity contribution in [3.63, 3.8) is 0 Å². The van der Waals surface area contributed by atoms with E-state index < -0.39 is 0 Å². The second-order valence-electron chi connectivity index (χ2n) is 5.22. The second-order valence-corrected chi connectivity index (χ2v) is 5.22. The Bertz CT molecular complexity index is 832. The predicted molar refractivity (Wildman–Crippen MR) is 88.6 cm³/mol. The highest BCUT2D eigenvalue weighted by atomic mass is 16.5. The first-order valence-corrected chi connectivity index (χ1v) is 7.11. The summed E-state index contributed by atoms with van der Waals surface area (Å²) in [5.41, 5.74) is 3.47. The van der Waals surface area contributed by atoms with Crippen LogP contribution < -0.4 is 10.1 Å². The van der Waals surface area contributed by atoms with Crippen LogP contribution in [0.2, 0.25) is 0 Å². The molecule has 1 heterocycles. The Morgan fingerprint density at radius 1 is 1.09 bits per heavy atom. The lowest BCUT2D eigenvalue weighted by molar-refractivity contribution is 0.102. The lowest BCUT2D eigenvalue weighted by Crippen LogP contribution is -2.13. The molecular weight excluding hydrogens is 276 g/mol. The molecule has 3 aromatic rings. The van der Waals surface area contributed by atoms with E-state index in [1.54, 1.807) is 7.11 Å². The highest BCUT2D eigenvalue weighted by Gasteiger charge is 2.18. The van der Waals surface area contributed by atoms with Crippen LogP contribution in [0.5, 0.6) is 5.75 Å². The fourth-order valence-electron chi connectivity index (χ4n) is 2.68. The molecule has 0 bridgehead atoms. The Kier molecular flexibility index (Phi) is 3.59. The highest BCUT2D eigenvalue weighted by Crippen LogP contribution is 2.26. The van der Waals surface area contributed by atoms with Crippen molar-refractivity contribution in [3.8, 4) is 5.75 Å². The van der Waals surface area contributed by atoms with E-state index in [9.17, 15) is 4.79 Å². The molecule has 1 N–H and O–H groups in total. The summed E-state index contributed by atoms with van der Waals surface area (Å²) in [6.45, 7) is 1.96. The average Bonchev–Trinajstić information content (AvgIpc) is 2.80. The monoisotopic (exact) mass is 294 g/mol. The number of carbonyl (C=O) groups excluding carboxylic acids is 1. The molecule has 4 nitrogen and oxygen atoms in total. The summed E-state index contributed by atoms with van der Waals surface area (Å²) < 4.78 is 7.16. The molecule has 1 aromatic heterocycles. The van der Waals surface area contributed by atoms with Crippen molar-refractivity contribution in [1.82, 2.24) is 4.57 Å². The maximum atomic E-state index is 12.7. The van der Waals surface area contributed by atoms with Gasteiger partial charge in [0.15, 0.2) is 0 Å². The number of ether oxygens (including phenoxy) is 1. The van der Waals surface area contributed by atoms with Crippen LogP contribution >= 0.6 is 0 Å². The van der Waals surface area contributed by atoms with Crippen LogP contribution in [0.3, 0.4) is 0 Å². The van der Waals surface area contributed by atoms with Gasteiger partial charge in [-0.3, -0.25) is 4.79 Å². The van der Waals surface area contributed by atoms with Crippen molar-refractivity contribution in [2.24, 2.45) is 7.05 Å². The number of para-hydroxylation sites is 1. The minimum absolute atomic E-state index is 0.0977. The molecule has 0 spiro atoms. The summed E-state index contributed by atoms with van der Waals surface area (Å²) in [5.74, 6) is 0.666. The lowest BCUT2D eigenvalue weighted by atomic mass is 10.1. The smallest absolute Gasteiger partial charge is 0.258 e. The fourth-order valence-corrected chi connectivity index (χ4v) is 2.68. The van der Waals surface area contributed by atoms with E-state index in [0.29, 0.717) is 5.56 Å². The van der Waals surface area contributed by atoms with Gasteiger partial charge in [0.25, 0.3) is 5.91 Å². The Hall–Kier alpha value is -2.75. The van der Waals surface area contributed by atoms with Crippen LogP contribution in [0.4, 0.5) is 5.69 Å². The van der Waals surface area contributed by atoms with Gasteiger partial charge in [-0.05, 0) is 37.3 Å². The SMILES string of the molecule is COc1ccc(NC(=O)c2c(C)n(C)c3ccccc23)cc1. The number of benzene rings is 2. The van der Waals surface area contributed by atoms with Gasteiger partial charge in [-0.25, -0.2) is 0 Å². The molecule has 0 saturated carbocycles. The van der Waals surface area contributed by atoms with Gasteiger partial charge < -0.3 is 14.6 Å². The van der Waals surface area contributed by atoms with Crippen LogP contribution in [0.1, 0.15) is 16.1 Å². The molecule has 4 heteroatoms. The molecule has 0 aliphatic rings. The number of methoxy groups -OCH3 is 1. The number of aryl methyl sites for hydroxylation is 1. The van der Waals surface area contributed by atoms with Crippen molar-refractivity contribution in [1.29, 1.82) is 0 Å². The zero-order valence-corrected chi connectivity index (χ0v) is 12.9. The van der Waals surface area contributed by atoms with Crippen molar-refractivity contribution in [2.45, 2.75) is 6.92 Å². The molecule has 112 valence electrons. The standard InChI is InChI=1S/C18H18N2O2/c1-12-17(15-6-4-5-7-16(15)20(12)2)18(21)19-13-8-10-14(22-3)11-9-13/h4-11H,1-3H3,(H,19,21). The Balaban J connectivity index is 1.96. The lowest BCUT2D eigenvalue weighted by Gasteiger charge is -2.07. The Morgan fingerprint density at radius 3 is 2.45 bits per heavy atom. The van der Waals surface area contributed by atoms with Gasteiger partial charge >= 0.3 is 0 Å². The summed E-state index contributed by atoms with van der Waals surface area (Å²) in [4.78, 5) is 12.7. The molecule has 0 unspecified atom stereocenters. The maximum absolute atomic E-state index is 12.7. The molecule has 0 aliphatic heterocycles. The van der Waals surface area contributed by atoms with E-state index in [0.717, 1.165) is 28.0 Å². The van der Waals surface area contributed by atoms with Crippen LogP contribution in [0.15, 0.2) is 48.5 Å². The summed E-state index contributed by atoms with van der Waals surface area (Å²) >= 11 is 0. The normalized spacial score (nSPS) is 10.7. The molecule has 0 fully saturated rings. The van der Waals surface area contributed by atoms with Gasteiger partial charge in [0.1, 0.15) is 5.75 Å². The van der Waals surface area contributed by atoms with Gasteiger partial charge in [-0.1, -0.05) is 18.2 Å². The predicted octanol–water partition coefficient (Wildman–Crippen LogP) is 3.75. The van der Waals surface area contributed by atoms with Gasteiger partial charge in [0, 0.05) is 29.3 Å². The number of anilines is 1. The van der Waals surface area contributed by atoms with Crippen LogP contribution in [-0.2, 0) is 7.05 Å². The minimum atomic E-state index is -0.0977. The summed E-state index contributed by atoms with van der Waals surface area (Å²) in [5, 5.41) is 3.91. The zero-order chi connectivity index (χ0) is 15.7. The molecule has 0 aliphatic carbocycles. The van der Waals surface area contributed by atoms with Crippen molar-refractivity contribution in [3.05, 3.63) is 59.8 Å². The molecule has 0 saturated heterocycles. The number of hydrogen-bond acceptors (Lipinski definition) is 2. The Labute approximate surface area is 129 Å². The number of carbonyl (C=O) groups is 1. The second kappa shape index (κ2) is 5.56. The Morgan fingerprint density at radius 2 is 1.77 bits per heavy atom. The van der Waals surface area contributed by atoms with Gasteiger partial charge in [0.05, 0.1) is 12.7 Å².